The van der Waals surface area contributed by atoms with E-state index in [9.17, 15) is 9.59 Å². The van der Waals surface area contributed by atoms with Crippen molar-refractivity contribution in [1.82, 2.24) is 4.98 Å². The van der Waals surface area contributed by atoms with E-state index in [0.29, 0.717) is 30.1 Å². The van der Waals surface area contributed by atoms with Gasteiger partial charge in [0.15, 0.2) is 6.29 Å². The van der Waals surface area contributed by atoms with E-state index in [4.69, 9.17) is 0 Å². The third kappa shape index (κ3) is 2.00. The van der Waals surface area contributed by atoms with Crippen molar-refractivity contribution >= 4 is 33.8 Å². The van der Waals surface area contributed by atoms with Gasteiger partial charge in [-0.25, -0.2) is 0 Å². The molecule has 0 N–H and O–H groups in total. The van der Waals surface area contributed by atoms with Gasteiger partial charge >= 0.3 is 0 Å². The molecule has 16 heavy (non-hydrogen) atoms. The molecule has 0 aliphatic carbocycles. The summed E-state index contributed by atoms with van der Waals surface area (Å²) in [5.74, 6) is 0.388. The predicted molar refractivity (Wildman–Crippen MR) is 63.9 cm³/mol. The van der Waals surface area contributed by atoms with Crippen molar-refractivity contribution in [3.05, 3.63) is 24.0 Å². The molecule has 1 saturated heterocycles. The molecule has 1 aliphatic heterocycles. The van der Waals surface area contributed by atoms with Gasteiger partial charge in [0.1, 0.15) is 0 Å². The van der Waals surface area contributed by atoms with Crippen molar-refractivity contribution in [2.75, 3.05) is 16.8 Å². The molecule has 1 aromatic rings. The molecule has 1 unspecified atom stereocenters. The first-order valence-corrected chi connectivity index (χ1v) is 6.14. The van der Waals surface area contributed by atoms with Crippen molar-refractivity contribution in [1.29, 1.82) is 0 Å². The van der Waals surface area contributed by atoms with E-state index in [-0.39, 0.29) is 5.91 Å². The summed E-state index contributed by atoms with van der Waals surface area (Å²) in [6, 6.07) is 1.71. The normalized spacial score (nSPS) is 20.2. The fourth-order valence-electron chi connectivity index (χ4n) is 1.85. The first-order valence-electron chi connectivity index (χ1n) is 5.01. The minimum absolute atomic E-state index is 0.0683. The highest BCUT2D eigenvalue weighted by molar-refractivity contribution is 9.09. The first-order chi connectivity index (χ1) is 7.76. The summed E-state index contributed by atoms with van der Waals surface area (Å²) in [6.45, 7) is 0.662. The number of nitrogens with zero attached hydrogens (tertiary/aromatic N) is 2. The molecular formula is C11H11BrN2O2. The Hall–Kier alpha value is -1.23. The SMILES string of the molecule is O=Cc1cnccc1N1CC(CBr)CC1=O. The number of anilines is 1. The van der Waals surface area contributed by atoms with E-state index >= 15 is 0 Å². The minimum Gasteiger partial charge on any atom is -0.311 e. The highest BCUT2D eigenvalue weighted by Crippen LogP contribution is 2.27. The molecule has 0 radical (unpaired) electrons. The fraction of sp³-hybridized carbons (Fsp3) is 0.364. The lowest BCUT2D eigenvalue weighted by atomic mass is 10.2. The number of amides is 1. The van der Waals surface area contributed by atoms with Gasteiger partial charge in [-0.2, -0.15) is 0 Å². The van der Waals surface area contributed by atoms with E-state index in [1.54, 1.807) is 17.2 Å². The lowest BCUT2D eigenvalue weighted by molar-refractivity contribution is -0.117. The molecule has 1 aliphatic rings. The van der Waals surface area contributed by atoms with Gasteiger partial charge in [-0.1, -0.05) is 15.9 Å². The van der Waals surface area contributed by atoms with Crippen LogP contribution in [-0.4, -0.2) is 29.1 Å². The Morgan fingerprint density at radius 1 is 1.62 bits per heavy atom. The van der Waals surface area contributed by atoms with Crippen molar-refractivity contribution < 1.29 is 9.59 Å². The summed E-state index contributed by atoms with van der Waals surface area (Å²) in [5, 5.41) is 0.802. The largest absolute Gasteiger partial charge is 0.311 e. The molecule has 0 saturated carbocycles. The molecule has 5 heteroatoms. The molecule has 1 fully saturated rings. The Labute approximate surface area is 102 Å². The van der Waals surface area contributed by atoms with Gasteiger partial charge in [0.05, 0.1) is 11.3 Å². The van der Waals surface area contributed by atoms with Crippen molar-refractivity contribution in [3.63, 3.8) is 0 Å². The number of alkyl halides is 1. The van der Waals surface area contributed by atoms with Crippen LogP contribution in [0.3, 0.4) is 0 Å². The van der Waals surface area contributed by atoms with E-state index in [0.717, 1.165) is 11.6 Å². The van der Waals surface area contributed by atoms with E-state index in [1.807, 2.05) is 0 Å². The van der Waals surface area contributed by atoms with E-state index < -0.39 is 0 Å². The monoisotopic (exact) mass is 282 g/mol. The summed E-state index contributed by atoms with van der Waals surface area (Å²) >= 11 is 3.38. The Bertz CT molecular complexity index is 422. The highest BCUT2D eigenvalue weighted by atomic mass is 79.9. The van der Waals surface area contributed by atoms with Crippen molar-refractivity contribution in [2.45, 2.75) is 6.42 Å². The maximum Gasteiger partial charge on any atom is 0.227 e. The van der Waals surface area contributed by atoms with Crippen molar-refractivity contribution in [3.8, 4) is 0 Å². The van der Waals surface area contributed by atoms with Gasteiger partial charge in [-0.15, -0.1) is 0 Å². The van der Waals surface area contributed by atoms with Crippen molar-refractivity contribution in [2.24, 2.45) is 5.92 Å². The van der Waals surface area contributed by atoms with Crippen LogP contribution in [-0.2, 0) is 4.79 Å². The van der Waals surface area contributed by atoms with Gasteiger partial charge in [-0.3, -0.25) is 14.6 Å². The molecule has 1 atom stereocenters. The molecular weight excluding hydrogens is 272 g/mol. The smallest absolute Gasteiger partial charge is 0.227 e. The highest BCUT2D eigenvalue weighted by Gasteiger charge is 2.30. The third-order valence-corrected chi connectivity index (χ3v) is 3.58. The molecule has 1 aromatic heterocycles. The Morgan fingerprint density at radius 3 is 3.06 bits per heavy atom. The number of hydrogen-bond donors (Lipinski definition) is 0. The van der Waals surface area contributed by atoms with Gasteiger partial charge in [0.2, 0.25) is 5.91 Å². The Kier molecular flexibility index (Phi) is 3.33. The van der Waals surface area contributed by atoms with Crippen LogP contribution in [0, 0.1) is 5.92 Å². The zero-order valence-electron chi connectivity index (χ0n) is 8.60. The number of rotatable bonds is 3. The lowest BCUT2D eigenvalue weighted by Crippen LogP contribution is -2.25. The van der Waals surface area contributed by atoms with Gasteiger partial charge in [-0.05, 0) is 12.0 Å². The second-order valence-electron chi connectivity index (χ2n) is 3.78. The van der Waals surface area contributed by atoms with Crippen LogP contribution in [0.1, 0.15) is 16.8 Å². The summed E-state index contributed by atoms with van der Waals surface area (Å²) in [6.07, 6.45) is 4.34. The number of aldehydes is 1. The van der Waals surface area contributed by atoms with Crippen LogP contribution in [0.15, 0.2) is 18.5 Å². The summed E-state index contributed by atoms with van der Waals surface area (Å²) in [5.41, 5.74) is 1.13. The average molecular weight is 283 g/mol. The number of carbonyl (C=O) groups excluding carboxylic acids is 2. The van der Waals surface area contributed by atoms with Gasteiger partial charge < -0.3 is 4.90 Å². The number of hydrogen-bond acceptors (Lipinski definition) is 3. The van der Waals surface area contributed by atoms with E-state index in [1.165, 1.54) is 6.20 Å². The van der Waals surface area contributed by atoms with Crippen LogP contribution >= 0.6 is 15.9 Å². The van der Waals surface area contributed by atoms with Crippen LogP contribution in [0.5, 0.6) is 0 Å². The van der Waals surface area contributed by atoms with Gasteiger partial charge in [0.25, 0.3) is 0 Å². The number of pyridine rings is 1. The molecule has 0 bridgehead atoms. The summed E-state index contributed by atoms with van der Waals surface area (Å²) in [7, 11) is 0. The standard InChI is InChI=1S/C11H11BrN2O2/c12-4-8-3-11(16)14(6-8)10-1-2-13-5-9(10)7-15/h1-2,5,7-8H,3-4,6H2. The summed E-state index contributed by atoms with van der Waals surface area (Å²) in [4.78, 5) is 28.2. The minimum atomic E-state index is 0.0683. The zero-order valence-corrected chi connectivity index (χ0v) is 10.2. The molecule has 0 aromatic carbocycles. The quantitative estimate of drug-likeness (QED) is 0.626. The third-order valence-electron chi connectivity index (χ3n) is 2.67. The molecule has 2 heterocycles. The van der Waals surface area contributed by atoms with Gasteiger partial charge in [0, 0.05) is 30.7 Å². The van der Waals surface area contributed by atoms with E-state index in [2.05, 4.69) is 20.9 Å². The maximum absolute atomic E-state index is 11.8. The van der Waals surface area contributed by atoms with Crippen LogP contribution in [0.4, 0.5) is 5.69 Å². The lowest BCUT2D eigenvalue weighted by Gasteiger charge is -2.17. The topological polar surface area (TPSA) is 50.3 Å². The molecule has 84 valence electrons. The predicted octanol–water partition coefficient (Wildman–Crippen LogP) is 1.64. The average Bonchev–Trinajstić information content (AvgIpc) is 2.70. The number of aromatic nitrogens is 1. The molecule has 1 amide bonds. The molecule has 2 rings (SSSR count). The second kappa shape index (κ2) is 4.74. The molecule has 4 nitrogen and oxygen atoms in total. The Balaban J connectivity index is 2.31. The zero-order chi connectivity index (χ0) is 11.5. The number of carbonyl (C=O) groups is 2. The molecule has 0 spiro atoms. The van der Waals surface area contributed by atoms with Crippen LogP contribution in [0.2, 0.25) is 0 Å². The maximum atomic E-state index is 11.8. The Morgan fingerprint density at radius 2 is 2.44 bits per heavy atom. The number of halogens is 1. The van der Waals surface area contributed by atoms with Crippen LogP contribution < -0.4 is 4.90 Å². The second-order valence-corrected chi connectivity index (χ2v) is 4.43. The fourth-order valence-corrected chi connectivity index (χ4v) is 2.29. The summed E-state index contributed by atoms with van der Waals surface area (Å²) < 4.78 is 0. The first kappa shape index (κ1) is 11.3. The van der Waals surface area contributed by atoms with Crippen LogP contribution in [0.25, 0.3) is 0 Å².